The Morgan fingerprint density at radius 2 is 2.12 bits per heavy atom. The van der Waals surface area contributed by atoms with Crippen LogP contribution >= 0.6 is 0 Å². The fourth-order valence-electron chi connectivity index (χ4n) is 1.67. The number of nitrogens with zero attached hydrogens (tertiary/aromatic N) is 3. The van der Waals surface area contributed by atoms with Crippen molar-refractivity contribution in [3.63, 3.8) is 0 Å². The number of hydrogen-bond donors (Lipinski definition) is 0. The summed E-state index contributed by atoms with van der Waals surface area (Å²) in [4.78, 5) is 15.6. The summed E-state index contributed by atoms with van der Waals surface area (Å²) < 4.78 is 35.9. The fraction of sp³-hybridized carbons (Fsp3) is 0.333. The zero-order valence-electron chi connectivity index (χ0n) is 9.00. The predicted molar refractivity (Wildman–Crippen MR) is 59.9 cm³/mol. The van der Waals surface area contributed by atoms with Gasteiger partial charge in [0, 0.05) is 19.8 Å². The van der Waals surface area contributed by atoms with Gasteiger partial charge >= 0.3 is 15.9 Å². The number of aryl methyl sites for hydroxylation is 2. The molecule has 0 N–H and O–H groups in total. The van der Waals surface area contributed by atoms with Gasteiger partial charge < -0.3 is 0 Å². The van der Waals surface area contributed by atoms with Crippen molar-refractivity contribution in [1.82, 2.24) is 14.1 Å². The van der Waals surface area contributed by atoms with E-state index in [-0.39, 0.29) is 6.54 Å². The highest BCUT2D eigenvalue weighted by atomic mass is 32.3. The van der Waals surface area contributed by atoms with Gasteiger partial charge in [0.1, 0.15) is 0 Å². The molecule has 8 heteroatoms. The molecule has 17 heavy (non-hydrogen) atoms. The normalized spacial score (nSPS) is 12.1. The van der Waals surface area contributed by atoms with Crippen molar-refractivity contribution >= 4 is 21.3 Å². The van der Waals surface area contributed by atoms with E-state index in [0.29, 0.717) is 11.0 Å². The van der Waals surface area contributed by atoms with E-state index in [0.717, 1.165) is 0 Å². The molecule has 0 amide bonds. The maximum atomic E-state index is 12.4. The number of aromatic nitrogens is 3. The lowest BCUT2D eigenvalue weighted by Gasteiger charge is -1.99. The molecular weight excluding hydrogens is 249 g/mol. The van der Waals surface area contributed by atoms with Gasteiger partial charge in [-0.3, -0.25) is 14.1 Å². The van der Waals surface area contributed by atoms with Gasteiger partial charge in [-0.05, 0) is 6.07 Å². The molecule has 2 aromatic rings. The lowest BCUT2D eigenvalue weighted by Crippen LogP contribution is -2.24. The van der Waals surface area contributed by atoms with Gasteiger partial charge in [-0.25, -0.2) is 4.79 Å². The monoisotopic (exact) mass is 259 g/mol. The van der Waals surface area contributed by atoms with Gasteiger partial charge in [0.2, 0.25) is 0 Å². The Morgan fingerprint density at radius 3 is 2.76 bits per heavy atom. The Bertz CT molecular complexity index is 717. The van der Waals surface area contributed by atoms with Crippen LogP contribution in [0.1, 0.15) is 0 Å². The van der Waals surface area contributed by atoms with Crippen molar-refractivity contribution in [3.8, 4) is 0 Å². The minimum Gasteiger partial charge on any atom is -0.295 e. The predicted octanol–water partition coefficient (Wildman–Crippen LogP) is 0.0343. The summed E-state index contributed by atoms with van der Waals surface area (Å²) in [7, 11) is -3.03. The molecule has 2 heterocycles. The average molecular weight is 259 g/mol. The van der Waals surface area contributed by atoms with Crippen LogP contribution in [-0.2, 0) is 23.8 Å². The molecule has 0 atom stereocenters. The molecule has 0 saturated carbocycles. The molecule has 2 rings (SSSR count). The van der Waals surface area contributed by atoms with Gasteiger partial charge in [0.05, 0.1) is 23.0 Å². The van der Waals surface area contributed by atoms with E-state index in [1.165, 1.54) is 21.5 Å². The summed E-state index contributed by atoms with van der Waals surface area (Å²) in [5.41, 5.74) is 0.724. The molecule has 0 unspecified atom stereocenters. The first-order valence-electron chi connectivity index (χ1n) is 4.82. The van der Waals surface area contributed by atoms with Crippen LogP contribution in [0, 0.1) is 0 Å². The minimum atomic E-state index is -4.59. The maximum absolute atomic E-state index is 12.4. The summed E-state index contributed by atoms with van der Waals surface area (Å²) in [6.07, 6.45) is 2.97. The molecule has 0 aliphatic carbocycles. The summed E-state index contributed by atoms with van der Waals surface area (Å²) in [5, 5.41) is 0. The molecule has 0 saturated heterocycles. The highest BCUT2D eigenvalue weighted by Gasteiger charge is 2.13. The molecule has 2 aromatic heterocycles. The van der Waals surface area contributed by atoms with Crippen LogP contribution in [0.3, 0.4) is 0 Å². The number of pyridine rings is 1. The Morgan fingerprint density at radius 1 is 1.41 bits per heavy atom. The summed E-state index contributed by atoms with van der Waals surface area (Å²) in [5.74, 6) is -0.721. The summed E-state index contributed by atoms with van der Waals surface area (Å²) >= 11 is 0. The van der Waals surface area contributed by atoms with Crippen molar-refractivity contribution in [1.29, 1.82) is 0 Å². The summed E-state index contributed by atoms with van der Waals surface area (Å²) in [6.45, 7) is -0.222. The molecule has 0 radical (unpaired) electrons. The van der Waals surface area contributed by atoms with Gasteiger partial charge in [0.15, 0.2) is 0 Å². The van der Waals surface area contributed by atoms with Gasteiger partial charge in [-0.2, -0.15) is 8.42 Å². The fourth-order valence-corrected chi connectivity index (χ4v) is 2.07. The molecule has 0 fully saturated rings. The van der Waals surface area contributed by atoms with Crippen LogP contribution < -0.4 is 5.69 Å². The number of halogens is 1. The van der Waals surface area contributed by atoms with E-state index < -0.39 is 21.7 Å². The first-order chi connectivity index (χ1) is 7.90. The van der Waals surface area contributed by atoms with Crippen LogP contribution in [0.5, 0.6) is 0 Å². The third kappa shape index (κ3) is 2.21. The second-order valence-corrected chi connectivity index (χ2v) is 5.09. The van der Waals surface area contributed by atoms with E-state index >= 15 is 0 Å². The zero-order chi connectivity index (χ0) is 12.6. The molecule has 0 aromatic carbocycles. The van der Waals surface area contributed by atoms with E-state index in [1.54, 1.807) is 13.1 Å². The number of rotatable bonds is 3. The SMILES string of the molecule is Cn1c(=O)n(CCS(=O)(=O)F)c2cnccc21. The Hall–Kier alpha value is -1.70. The Balaban J connectivity index is 2.54. The van der Waals surface area contributed by atoms with Crippen molar-refractivity contribution in [2.45, 2.75) is 6.54 Å². The lowest BCUT2D eigenvalue weighted by atomic mass is 10.4. The van der Waals surface area contributed by atoms with Crippen LogP contribution in [0.2, 0.25) is 0 Å². The van der Waals surface area contributed by atoms with Gasteiger partial charge in [-0.1, -0.05) is 0 Å². The van der Waals surface area contributed by atoms with Crippen LogP contribution in [-0.4, -0.2) is 28.3 Å². The molecule has 0 bridgehead atoms. The molecule has 0 spiro atoms. The largest absolute Gasteiger partial charge is 0.328 e. The first kappa shape index (κ1) is 11.8. The molecule has 6 nitrogen and oxygen atoms in total. The van der Waals surface area contributed by atoms with E-state index in [9.17, 15) is 17.1 Å². The highest BCUT2D eigenvalue weighted by Crippen LogP contribution is 2.10. The topological polar surface area (TPSA) is 74.0 Å². The third-order valence-corrected chi connectivity index (χ3v) is 3.18. The first-order valence-corrected chi connectivity index (χ1v) is 6.37. The highest BCUT2D eigenvalue weighted by molar-refractivity contribution is 7.86. The molecular formula is C9H10FN3O3S. The quantitative estimate of drug-likeness (QED) is 0.729. The van der Waals surface area contributed by atoms with Gasteiger partial charge in [0.25, 0.3) is 0 Å². The third-order valence-electron chi connectivity index (χ3n) is 2.51. The van der Waals surface area contributed by atoms with Crippen molar-refractivity contribution in [2.75, 3.05) is 5.75 Å². The maximum Gasteiger partial charge on any atom is 0.328 e. The summed E-state index contributed by atoms with van der Waals surface area (Å²) in [6, 6.07) is 1.64. The standard InChI is InChI=1S/C9H10FN3O3S/c1-12-7-2-3-11-6-8(7)13(9(12)14)4-5-17(10,15)16/h2-3,6H,4-5H2,1H3. The smallest absolute Gasteiger partial charge is 0.295 e. The van der Waals surface area contributed by atoms with Crippen LogP contribution in [0.15, 0.2) is 23.3 Å². The number of hydrogen-bond acceptors (Lipinski definition) is 4. The van der Waals surface area contributed by atoms with Crippen LogP contribution in [0.4, 0.5) is 3.89 Å². The Labute approximate surface area is 96.5 Å². The molecule has 0 aliphatic heterocycles. The minimum absolute atomic E-state index is 0.222. The van der Waals surface area contributed by atoms with Crippen molar-refractivity contribution in [2.24, 2.45) is 7.05 Å². The second-order valence-electron chi connectivity index (χ2n) is 3.60. The van der Waals surface area contributed by atoms with Gasteiger partial charge in [-0.15, -0.1) is 3.89 Å². The zero-order valence-corrected chi connectivity index (χ0v) is 9.82. The van der Waals surface area contributed by atoms with Crippen LogP contribution in [0.25, 0.3) is 11.0 Å². The lowest BCUT2D eigenvalue weighted by molar-refractivity contribution is 0.544. The van der Waals surface area contributed by atoms with E-state index in [1.807, 2.05) is 0 Å². The molecule has 92 valence electrons. The van der Waals surface area contributed by atoms with E-state index in [4.69, 9.17) is 0 Å². The average Bonchev–Trinajstić information content (AvgIpc) is 2.49. The number of imidazole rings is 1. The Kier molecular flexibility index (Phi) is 2.74. The van der Waals surface area contributed by atoms with Crippen molar-refractivity contribution < 1.29 is 12.3 Å². The number of fused-ring (bicyclic) bond motifs is 1. The second kappa shape index (κ2) is 3.95. The molecule has 0 aliphatic rings. The van der Waals surface area contributed by atoms with Crippen molar-refractivity contribution in [3.05, 3.63) is 28.9 Å². The van der Waals surface area contributed by atoms with E-state index in [2.05, 4.69) is 4.98 Å².